The van der Waals surface area contributed by atoms with Gasteiger partial charge in [0.2, 0.25) is 0 Å². The molecule has 23 heteroatoms. The molecule has 0 radical (unpaired) electrons. The topological polar surface area (TPSA) is 55.8 Å². The fraction of sp³-hybridized carbons (Fsp3) is 1.00. The van der Waals surface area contributed by atoms with Crippen molar-refractivity contribution in [2.75, 3.05) is 40.9 Å². The van der Waals surface area contributed by atoms with Crippen molar-refractivity contribution in [2.45, 2.75) is 73.3 Å². The molecule has 0 saturated carbocycles. The standard InChI is InChI=1S/C18H23F17NO4P/c1-36(2,3)8-10-40-41(37,38)39-9-6-4-5-7-11(19,20)12(21,22)13(23,24)14(25,26)15(27,28)16(29,30)17(31,32)18(33,34)35/h4-10H2,1-3H3/p+1. The van der Waals surface area contributed by atoms with E-state index in [4.69, 9.17) is 0 Å². The molecule has 0 aliphatic rings. The number of hydrogen-bond donors (Lipinski definition) is 1. The minimum absolute atomic E-state index is 0.204. The second kappa shape index (κ2) is 12.1. The third-order valence-electron chi connectivity index (χ3n) is 5.19. The van der Waals surface area contributed by atoms with Gasteiger partial charge < -0.3 is 9.38 Å². The molecular formula is C18H24F17NO4P+. The van der Waals surface area contributed by atoms with E-state index < -0.39 is 87.7 Å². The molecule has 0 aromatic carbocycles. The Morgan fingerprint density at radius 3 is 1.32 bits per heavy atom. The summed E-state index contributed by atoms with van der Waals surface area (Å²) in [5.41, 5.74) is 0. The second-order valence-electron chi connectivity index (χ2n) is 9.61. The van der Waals surface area contributed by atoms with Crippen LogP contribution in [-0.4, -0.2) is 97.9 Å². The van der Waals surface area contributed by atoms with Crippen LogP contribution in [0.2, 0.25) is 0 Å². The third kappa shape index (κ3) is 8.08. The molecule has 0 aliphatic carbocycles. The summed E-state index contributed by atoms with van der Waals surface area (Å²) < 4.78 is 246. The van der Waals surface area contributed by atoms with E-state index in [0.717, 1.165) is 0 Å². The van der Waals surface area contributed by atoms with E-state index in [1.807, 2.05) is 0 Å². The number of alkyl halides is 17. The van der Waals surface area contributed by atoms with Crippen molar-refractivity contribution in [1.29, 1.82) is 0 Å². The normalized spacial score (nSPS) is 17.1. The first-order chi connectivity index (χ1) is 17.7. The third-order valence-corrected chi connectivity index (χ3v) is 6.21. The van der Waals surface area contributed by atoms with Gasteiger partial charge in [0.1, 0.15) is 13.2 Å². The number of nitrogens with zero attached hydrogens (tertiary/aromatic N) is 1. The van der Waals surface area contributed by atoms with Gasteiger partial charge in [-0.25, -0.2) is 4.57 Å². The van der Waals surface area contributed by atoms with Crippen LogP contribution in [0, 0.1) is 0 Å². The highest BCUT2D eigenvalue weighted by molar-refractivity contribution is 7.47. The van der Waals surface area contributed by atoms with Crippen LogP contribution in [0.3, 0.4) is 0 Å². The summed E-state index contributed by atoms with van der Waals surface area (Å²) in [6.45, 7) is -0.908. The maximum atomic E-state index is 13.8. The number of unbranched alkanes of at least 4 members (excludes halogenated alkanes) is 2. The number of hydrogen-bond acceptors (Lipinski definition) is 3. The predicted molar refractivity (Wildman–Crippen MR) is 104 cm³/mol. The summed E-state index contributed by atoms with van der Waals surface area (Å²) in [7, 11) is 0.334. The molecule has 0 rings (SSSR count). The van der Waals surface area contributed by atoms with Gasteiger partial charge >= 0.3 is 55.5 Å². The zero-order chi connectivity index (χ0) is 33.4. The molecule has 0 aliphatic heterocycles. The highest BCUT2D eigenvalue weighted by atomic mass is 31.2. The molecule has 248 valence electrons. The molecule has 0 aromatic heterocycles. The Labute approximate surface area is 220 Å². The Bertz CT molecular complexity index is 918. The van der Waals surface area contributed by atoms with Crippen LogP contribution in [-0.2, 0) is 13.6 Å². The Morgan fingerprint density at radius 2 is 0.927 bits per heavy atom. The molecule has 1 unspecified atom stereocenters. The lowest BCUT2D eigenvalue weighted by Crippen LogP contribution is -2.74. The quantitative estimate of drug-likeness (QED) is 0.0758. The molecule has 41 heavy (non-hydrogen) atoms. The van der Waals surface area contributed by atoms with Crippen molar-refractivity contribution in [1.82, 2.24) is 0 Å². The van der Waals surface area contributed by atoms with E-state index in [0.29, 0.717) is 0 Å². The van der Waals surface area contributed by atoms with Gasteiger partial charge in [0.25, 0.3) is 0 Å². The largest absolute Gasteiger partial charge is 0.472 e. The van der Waals surface area contributed by atoms with Crippen LogP contribution in [0.15, 0.2) is 0 Å². The fourth-order valence-electron chi connectivity index (χ4n) is 2.63. The summed E-state index contributed by atoms with van der Waals surface area (Å²) >= 11 is 0. The molecule has 0 heterocycles. The minimum atomic E-state index is -8.66. The molecule has 0 fully saturated rings. The molecule has 0 amide bonds. The zero-order valence-corrected chi connectivity index (χ0v) is 21.8. The SMILES string of the molecule is C[N+](C)(C)CCOP(=O)(O)OCCCCCC(F)(F)C(F)(F)C(F)(F)C(F)(F)C(F)(F)C(F)(F)C(F)(F)C(F)(F)F. The molecule has 0 spiro atoms. The number of likely N-dealkylation sites (N-methyl/N-ethyl adjacent to an activating group) is 1. The zero-order valence-electron chi connectivity index (χ0n) is 20.9. The summed E-state index contributed by atoms with van der Waals surface area (Å²) in [6, 6.07) is 0. The number of phosphoric acid groups is 1. The van der Waals surface area contributed by atoms with Crippen LogP contribution in [0.4, 0.5) is 74.6 Å². The van der Waals surface area contributed by atoms with E-state index in [-0.39, 0.29) is 17.6 Å². The average Bonchev–Trinajstić information content (AvgIpc) is 2.73. The number of phosphoric ester groups is 1. The van der Waals surface area contributed by atoms with Crippen LogP contribution in [0.25, 0.3) is 0 Å². The Hall–Kier alpha value is -1.12. The van der Waals surface area contributed by atoms with Gasteiger partial charge in [0.05, 0.1) is 27.7 Å². The first-order valence-electron chi connectivity index (χ1n) is 10.8. The van der Waals surface area contributed by atoms with Gasteiger partial charge in [-0.1, -0.05) is 6.42 Å². The number of halogens is 17. The molecular weight excluding hydrogens is 648 g/mol. The molecule has 0 bridgehead atoms. The van der Waals surface area contributed by atoms with Gasteiger partial charge in [-0.2, -0.15) is 74.6 Å². The van der Waals surface area contributed by atoms with Crippen LogP contribution >= 0.6 is 7.82 Å². The second-order valence-corrected chi connectivity index (χ2v) is 11.1. The van der Waals surface area contributed by atoms with Crippen molar-refractivity contribution in [3.63, 3.8) is 0 Å². The molecule has 1 atom stereocenters. The highest BCUT2D eigenvalue weighted by Gasteiger charge is 2.95. The Morgan fingerprint density at radius 1 is 0.561 bits per heavy atom. The van der Waals surface area contributed by atoms with E-state index in [1.54, 1.807) is 21.1 Å². The van der Waals surface area contributed by atoms with E-state index >= 15 is 0 Å². The Kier molecular flexibility index (Phi) is 11.8. The van der Waals surface area contributed by atoms with Crippen LogP contribution < -0.4 is 0 Å². The van der Waals surface area contributed by atoms with Crippen molar-refractivity contribution in [3.8, 4) is 0 Å². The highest BCUT2D eigenvalue weighted by Crippen LogP contribution is 2.64. The number of rotatable bonds is 17. The van der Waals surface area contributed by atoms with Crippen molar-refractivity contribution in [2.24, 2.45) is 0 Å². The van der Waals surface area contributed by atoms with Gasteiger partial charge in [-0.15, -0.1) is 0 Å². The van der Waals surface area contributed by atoms with Crippen LogP contribution in [0.1, 0.15) is 25.7 Å². The van der Waals surface area contributed by atoms with Crippen molar-refractivity contribution < 1.29 is 97.6 Å². The first-order valence-corrected chi connectivity index (χ1v) is 12.3. The number of quaternary nitrogens is 1. The average molecular weight is 672 g/mol. The van der Waals surface area contributed by atoms with Gasteiger partial charge in [0, 0.05) is 6.42 Å². The summed E-state index contributed by atoms with van der Waals surface area (Å²) in [5, 5.41) is 0. The van der Waals surface area contributed by atoms with Gasteiger partial charge in [-0.3, -0.25) is 9.05 Å². The van der Waals surface area contributed by atoms with Gasteiger partial charge in [0.15, 0.2) is 0 Å². The fourth-order valence-corrected chi connectivity index (χ4v) is 3.37. The van der Waals surface area contributed by atoms with E-state index in [9.17, 15) is 84.1 Å². The summed E-state index contributed by atoms with van der Waals surface area (Å²) in [6.07, 6.45) is -13.1. The van der Waals surface area contributed by atoms with E-state index in [1.165, 1.54) is 0 Å². The summed E-state index contributed by atoms with van der Waals surface area (Å²) in [5.74, 6) is -56.5. The minimum Gasteiger partial charge on any atom is -0.329 e. The lowest BCUT2D eigenvalue weighted by molar-refractivity contribution is -0.870. The lowest BCUT2D eigenvalue weighted by Gasteiger charge is -2.42. The molecule has 0 saturated heterocycles. The van der Waals surface area contributed by atoms with Crippen molar-refractivity contribution in [3.05, 3.63) is 0 Å². The van der Waals surface area contributed by atoms with Crippen LogP contribution in [0.5, 0.6) is 0 Å². The van der Waals surface area contributed by atoms with Gasteiger partial charge in [-0.05, 0) is 12.8 Å². The first kappa shape index (κ1) is 39.9. The predicted octanol–water partition coefficient (Wildman–Crippen LogP) is 7.40. The molecule has 0 aromatic rings. The van der Waals surface area contributed by atoms with Crippen molar-refractivity contribution >= 4 is 7.82 Å². The monoisotopic (exact) mass is 672 g/mol. The van der Waals surface area contributed by atoms with E-state index in [2.05, 4.69) is 9.05 Å². The maximum Gasteiger partial charge on any atom is 0.472 e. The maximum absolute atomic E-state index is 13.8. The lowest BCUT2D eigenvalue weighted by atomic mass is 9.88. The summed E-state index contributed by atoms with van der Waals surface area (Å²) in [4.78, 5) is 9.39. The molecule has 5 nitrogen and oxygen atoms in total. The Balaban J connectivity index is 5.55. The smallest absolute Gasteiger partial charge is 0.329 e. The molecule has 1 N–H and O–H groups in total.